The molecule has 0 spiro atoms. The number of amides is 1. The predicted molar refractivity (Wildman–Crippen MR) is 96.8 cm³/mol. The van der Waals surface area contributed by atoms with Gasteiger partial charge in [0.1, 0.15) is 0 Å². The van der Waals surface area contributed by atoms with Gasteiger partial charge in [0, 0.05) is 23.3 Å². The molecule has 0 saturated heterocycles. The minimum Gasteiger partial charge on any atom is -0.481 e. The number of hydrogen-bond donors (Lipinski definition) is 3. The van der Waals surface area contributed by atoms with E-state index in [1.54, 1.807) is 24.9 Å². The quantitative estimate of drug-likeness (QED) is 0.494. The lowest BCUT2D eigenvalue weighted by Gasteiger charge is -2.12. The Morgan fingerprint density at radius 1 is 1.27 bits per heavy atom. The van der Waals surface area contributed by atoms with Crippen LogP contribution in [0.2, 0.25) is 0 Å². The predicted octanol–water partition coefficient (Wildman–Crippen LogP) is 2.92. The Labute approximate surface area is 150 Å². The Hall–Kier alpha value is -3.19. The summed E-state index contributed by atoms with van der Waals surface area (Å²) in [5.41, 5.74) is 6.26. The Morgan fingerprint density at radius 2 is 2.15 bits per heavy atom. The number of pyridine rings is 2. The second kappa shape index (κ2) is 6.61. The monoisotopic (exact) mass is 350 g/mol. The van der Waals surface area contributed by atoms with Gasteiger partial charge in [-0.2, -0.15) is 4.98 Å². The molecule has 2 aromatic heterocycles. The lowest BCUT2D eigenvalue weighted by atomic mass is 10.0. The summed E-state index contributed by atoms with van der Waals surface area (Å²) in [5.74, 6) is -0.125. The van der Waals surface area contributed by atoms with Crippen LogP contribution < -0.4 is 15.5 Å². The van der Waals surface area contributed by atoms with Crippen molar-refractivity contribution in [3.63, 3.8) is 0 Å². The molecule has 3 N–H and O–H groups in total. The highest BCUT2D eigenvalue weighted by molar-refractivity contribution is 5.91. The van der Waals surface area contributed by atoms with Crippen LogP contribution in [-0.2, 0) is 11.2 Å². The van der Waals surface area contributed by atoms with Gasteiger partial charge in [-0.05, 0) is 48.2 Å². The molecule has 7 nitrogen and oxygen atoms in total. The van der Waals surface area contributed by atoms with E-state index < -0.39 is 0 Å². The van der Waals surface area contributed by atoms with Gasteiger partial charge in [-0.25, -0.2) is 10.5 Å². The molecule has 0 radical (unpaired) electrons. The maximum absolute atomic E-state index is 11.8. The summed E-state index contributed by atoms with van der Waals surface area (Å²) < 4.78 is 5.15. The van der Waals surface area contributed by atoms with Gasteiger partial charge in [0.15, 0.2) is 5.65 Å². The van der Waals surface area contributed by atoms with E-state index in [1.165, 1.54) is 0 Å². The molecular formula is C19H18N4O3. The van der Waals surface area contributed by atoms with Gasteiger partial charge < -0.3 is 10.1 Å². The highest BCUT2D eigenvalue weighted by Gasteiger charge is 2.28. The number of carbonyl (C=O) groups is 1. The molecule has 3 aromatic rings. The fourth-order valence-electron chi connectivity index (χ4n) is 3.44. The Balaban J connectivity index is 1.65. The number of anilines is 2. The Morgan fingerprint density at radius 3 is 2.96 bits per heavy atom. The molecule has 7 heteroatoms. The first kappa shape index (κ1) is 16.3. The van der Waals surface area contributed by atoms with Crippen molar-refractivity contribution in [2.24, 2.45) is 0 Å². The zero-order valence-electron chi connectivity index (χ0n) is 14.2. The number of fused-ring (bicyclic) bond motifs is 2. The van der Waals surface area contributed by atoms with Crippen LogP contribution in [0.15, 0.2) is 42.6 Å². The van der Waals surface area contributed by atoms with E-state index in [9.17, 15) is 4.79 Å². The van der Waals surface area contributed by atoms with Gasteiger partial charge in [0.25, 0.3) is 5.91 Å². The van der Waals surface area contributed by atoms with Crippen LogP contribution in [0, 0.1) is 0 Å². The normalized spacial score (nSPS) is 15.5. The van der Waals surface area contributed by atoms with Gasteiger partial charge >= 0.3 is 0 Å². The van der Waals surface area contributed by atoms with E-state index in [0.717, 1.165) is 34.3 Å². The molecular weight excluding hydrogens is 332 g/mol. The van der Waals surface area contributed by atoms with Crippen LogP contribution in [0.4, 0.5) is 11.4 Å². The average molecular weight is 350 g/mol. The van der Waals surface area contributed by atoms with Crippen molar-refractivity contribution in [1.82, 2.24) is 15.4 Å². The number of aryl methyl sites for hydroxylation is 1. The van der Waals surface area contributed by atoms with Gasteiger partial charge in [0.2, 0.25) is 5.88 Å². The molecule has 4 rings (SSSR count). The SMILES string of the molecule is COc1ccc2c(Nc3ccc4c(c3)CCC4C(=O)NO)ccnc2n1. The lowest BCUT2D eigenvalue weighted by Crippen LogP contribution is -2.24. The summed E-state index contributed by atoms with van der Waals surface area (Å²) >= 11 is 0. The molecule has 1 aliphatic rings. The average Bonchev–Trinajstić information content (AvgIpc) is 3.10. The minimum absolute atomic E-state index is 0.289. The smallest absolute Gasteiger partial charge is 0.250 e. The number of nitrogens with zero attached hydrogens (tertiary/aromatic N) is 2. The summed E-state index contributed by atoms with van der Waals surface area (Å²) in [7, 11) is 1.57. The molecule has 0 bridgehead atoms. The van der Waals surface area contributed by atoms with Crippen molar-refractivity contribution < 1.29 is 14.7 Å². The maximum atomic E-state index is 11.8. The molecule has 1 aliphatic carbocycles. The third kappa shape index (κ3) is 2.82. The number of nitrogens with one attached hydrogen (secondary N) is 2. The van der Waals surface area contributed by atoms with Gasteiger partial charge in [0.05, 0.1) is 18.7 Å². The van der Waals surface area contributed by atoms with Gasteiger partial charge in [-0.3, -0.25) is 10.0 Å². The first-order chi connectivity index (χ1) is 12.7. The van der Waals surface area contributed by atoms with E-state index in [-0.39, 0.29) is 11.8 Å². The molecule has 1 atom stereocenters. The van der Waals surface area contributed by atoms with Gasteiger partial charge in [-0.15, -0.1) is 0 Å². The number of hydrogen-bond acceptors (Lipinski definition) is 6. The number of benzene rings is 1. The maximum Gasteiger partial charge on any atom is 0.250 e. The fourth-order valence-corrected chi connectivity index (χ4v) is 3.44. The number of aromatic nitrogens is 2. The zero-order valence-corrected chi connectivity index (χ0v) is 14.2. The van der Waals surface area contributed by atoms with E-state index in [2.05, 4.69) is 15.3 Å². The Bertz CT molecular complexity index is 990. The second-order valence-electron chi connectivity index (χ2n) is 6.19. The van der Waals surface area contributed by atoms with Crippen LogP contribution in [0.3, 0.4) is 0 Å². The largest absolute Gasteiger partial charge is 0.481 e. The van der Waals surface area contributed by atoms with Crippen molar-refractivity contribution >= 4 is 28.3 Å². The fraction of sp³-hybridized carbons (Fsp3) is 0.211. The summed E-state index contributed by atoms with van der Waals surface area (Å²) in [6, 6.07) is 11.5. The minimum atomic E-state index is -0.357. The molecule has 1 aromatic carbocycles. The van der Waals surface area contributed by atoms with Crippen molar-refractivity contribution in [1.29, 1.82) is 0 Å². The molecule has 26 heavy (non-hydrogen) atoms. The lowest BCUT2D eigenvalue weighted by molar-refractivity contribution is -0.130. The van der Waals surface area contributed by atoms with Crippen LogP contribution >= 0.6 is 0 Å². The van der Waals surface area contributed by atoms with Crippen molar-refractivity contribution in [2.75, 3.05) is 12.4 Å². The molecule has 0 aliphatic heterocycles. The summed E-state index contributed by atoms with van der Waals surface area (Å²) in [6.07, 6.45) is 3.21. The molecule has 0 fully saturated rings. The van der Waals surface area contributed by atoms with Crippen LogP contribution in [0.1, 0.15) is 23.5 Å². The third-order valence-electron chi connectivity index (χ3n) is 4.71. The molecule has 1 unspecified atom stereocenters. The van der Waals surface area contributed by atoms with Crippen LogP contribution in [-0.4, -0.2) is 28.2 Å². The number of rotatable bonds is 4. The topological polar surface area (TPSA) is 96.4 Å². The van der Waals surface area contributed by atoms with Crippen molar-refractivity contribution in [2.45, 2.75) is 18.8 Å². The standard InChI is InChI=1S/C19H18N4O3/c1-26-17-7-6-15-16(8-9-20-18(15)22-17)21-12-3-5-13-11(10-12)2-4-14(13)19(24)23-25/h3,5-10,14,25H,2,4H2,1H3,(H,23,24)(H,20,21,22). The van der Waals surface area contributed by atoms with Crippen LogP contribution in [0.25, 0.3) is 11.0 Å². The summed E-state index contributed by atoms with van der Waals surface area (Å²) in [4.78, 5) is 20.4. The highest BCUT2D eigenvalue weighted by atomic mass is 16.5. The number of ether oxygens (including phenoxy) is 1. The van der Waals surface area contributed by atoms with E-state index in [0.29, 0.717) is 17.9 Å². The van der Waals surface area contributed by atoms with Gasteiger partial charge in [-0.1, -0.05) is 6.07 Å². The number of carbonyl (C=O) groups excluding carboxylic acids is 1. The zero-order chi connectivity index (χ0) is 18.1. The Kier molecular flexibility index (Phi) is 4.14. The number of hydroxylamine groups is 1. The molecule has 1 amide bonds. The van der Waals surface area contributed by atoms with Crippen molar-refractivity contribution in [3.8, 4) is 5.88 Å². The van der Waals surface area contributed by atoms with Crippen molar-refractivity contribution in [3.05, 3.63) is 53.7 Å². The van der Waals surface area contributed by atoms with Crippen LogP contribution in [0.5, 0.6) is 5.88 Å². The molecule has 2 heterocycles. The third-order valence-corrected chi connectivity index (χ3v) is 4.71. The second-order valence-corrected chi connectivity index (χ2v) is 6.19. The molecule has 132 valence electrons. The first-order valence-corrected chi connectivity index (χ1v) is 8.33. The number of methoxy groups -OCH3 is 1. The first-order valence-electron chi connectivity index (χ1n) is 8.33. The van der Waals surface area contributed by atoms with E-state index in [1.807, 2.05) is 30.3 Å². The summed E-state index contributed by atoms with van der Waals surface area (Å²) in [5, 5.41) is 13.2. The van der Waals surface area contributed by atoms with E-state index in [4.69, 9.17) is 9.94 Å². The highest BCUT2D eigenvalue weighted by Crippen LogP contribution is 2.36. The molecule has 0 saturated carbocycles. The summed E-state index contributed by atoms with van der Waals surface area (Å²) in [6.45, 7) is 0. The van der Waals surface area contributed by atoms with E-state index >= 15 is 0 Å².